The van der Waals surface area contributed by atoms with Crippen LogP contribution >= 0.6 is 11.6 Å². The third-order valence-electron chi connectivity index (χ3n) is 7.47. The predicted octanol–water partition coefficient (Wildman–Crippen LogP) is 5.64. The van der Waals surface area contributed by atoms with Gasteiger partial charge in [-0.1, -0.05) is 37.4 Å². The number of nitrogens with one attached hydrogen (secondary N) is 2. The van der Waals surface area contributed by atoms with Crippen molar-refractivity contribution in [2.45, 2.75) is 50.7 Å². The zero-order valence-electron chi connectivity index (χ0n) is 19.0. The minimum atomic E-state index is -0.147. The number of halogens is 1. The van der Waals surface area contributed by atoms with Crippen LogP contribution in [0.2, 0.25) is 5.02 Å². The van der Waals surface area contributed by atoms with Crippen LogP contribution in [0.3, 0.4) is 0 Å². The lowest BCUT2D eigenvalue weighted by atomic mass is 9.74. The first-order valence-corrected chi connectivity index (χ1v) is 12.4. The van der Waals surface area contributed by atoms with Gasteiger partial charge in [0.05, 0.1) is 41.4 Å². The van der Waals surface area contributed by atoms with Gasteiger partial charge in [0.15, 0.2) is 0 Å². The zero-order valence-corrected chi connectivity index (χ0v) is 19.7. The van der Waals surface area contributed by atoms with Gasteiger partial charge in [0.25, 0.3) is 0 Å². The second-order valence-electron chi connectivity index (χ2n) is 9.74. The molecule has 0 amide bonds. The lowest BCUT2D eigenvalue weighted by molar-refractivity contribution is 0.111. The Morgan fingerprint density at radius 3 is 2.42 bits per heavy atom. The Kier molecular flexibility index (Phi) is 5.40. The van der Waals surface area contributed by atoms with Gasteiger partial charge in [0.2, 0.25) is 0 Å². The maximum Gasteiger partial charge on any atom is 0.142 e. The summed E-state index contributed by atoms with van der Waals surface area (Å²) in [6, 6.07) is 8.21. The number of hydrogen-bond acceptors (Lipinski definition) is 6. The van der Waals surface area contributed by atoms with Crippen molar-refractivity contribution in [2.24, 2.45) is 0 Å². The number of anilines is 1. The summed E-state index contributed by atoms with van der Waals surface area (Å²) in [5.74, 6) is 2.86. The maximum absolute atomic E-state index is 6.77. The standard InChI is InChI=1S/C26H31ClN4O2/c1-18-28-24-22(27)15-19-14-21(33-25(19)23(24)26(29-18)7-3-2-4-8-26)17-31-11-9-30(10-12-31)16-20-6-5-13-32-20/h5-6,13-15,28-29H,1-4,7-12,16-17H2. The van der Waals surface area contributed by atoms with E-state index in [1.165, 1.54) is 24.8 Å². The third kappa shape index (κ3) is 3.94. The fourth-order valence-corrected chi connectivity index (χ4v) is 6.13. The number of fused-ring (bicyclic) bond motifs is 4. The van der Waals surface area contributed by atoms with Gasteiger partial charge in [-0.2, -0.15) is 0 Å². The van der Waals surface area contributed by atoms with Crippen LogP contribution in [0.15, 0.2) is 51.8 Å². The first-order valence-electron chi connectivity index (χ1n) is 12.1. The molecule has 1 spiro atoms. The topological polar surface area (TPSA) is 56.8 Å². The second kappa shape index (κ2) is 8.42. The van der Waals surface area contributed by atoms with E-state index in [2.05, 4.69) is 33.1 Å². The van der Waals surface area contributed by atoms with Crippen LogP contribution < -0.4 is 10.6 Å². The van der Waals surface area contributed by atoms with Crippen molar-refractivity contribution >= 4 is 28.3 Å². The van der Waals surface area contributed by atoms with Gasteiger partial charge in [-0.3, -0.25) is 9.80 Å². The van der Waals surface area contributed by atoms with E-state index in [1.807, 2.05) is 18.2 Å². The van der Waals surface area contributed by atoms with E-state index >= 15 is 0 Å². The van der Waals surface area contributed by atoms with E-state index in [0.29, 0.717) is 0 Å². The van der Waals surface area contributed by atoms with Crippen molar-refractivity contribution < 1.29 is 8.83 Å². The summed E-state index contributed by atoms with van der Waals surface area (Å²) >= 11 is 6.77. The van der Waals surface area contributed by atoms with E-state index in [0.717, 1.165) is 91.1 Å². The molecule has 33 heavy (non-hydrogen) atoms. The van der Waals surface area contributed by atoms with Gasteiger partial charge in [-0.15, -0.1) is 0 Å². The molecule has 3 aromatic rings. The Labute approximate surface area is 199 Å². The average molecular weight is 467 g/mol. The van der Waals surface area contributed by atoms with Crippen LogP contribution in [0.4, 0.5) is 5.69 Å². The van der Waals surface area contributed by atoms with Gasteiger partial charge in [0, 0.05) is 37.1 Å². The first-order chi connectivity index (χ1) is 16.1. The molecule has 4 heterocycles. The predicted molar refractivity (Wildman–Crippen MR) is 131 cm³/mol. The summed E-state index contributed by atoms with van der Waals surface area (Å²) in [6.45, 7) is 9.95. The Hall–Kier alpha value is -2.41. The highest BCUT2D eigenvalue weighted by Crippen LogP contribution is 2.49. The van der Waals surface area contributed by atoms with Crippen LogP contribution in [0.25, 0.3) is 11.0 Å². The van der Waals surface area contributed by atoms with Gasteiger partial charge < -0.3 is 19.5 Å². The molecule has 2 fully saturated rings. The Balaban J connectivity index is 1.24. The number of benzene rings is 1. The van der Waals surface area contributed by atoms with Crippen LogP contribution in [0, 0.1) is 0 Å². The van der Waals surface area contributed by atoms with Crippen LogP contribution in [-0.4, -0.2) is 36.0 Å². The average Bonchev–Trinajstić information content (AvgIpc) is 3.45. The number of hydrogen-bond donors (Lipinski definition) is 2. The molecule has 1 aromatic carbocycles. The van der Waals surface area contributed by atoms with Gasteiger partial charge in [-0.25, -0.2) is 0 Å². The highest BCUT2D eigenvalue weighted by Gasteiger charge is 2.42. The van der Waals surface area contributed by atoms with E-state index in [4.69, 9.17) is 20.4 Å². The third-order valence-corrected chi connectivity index (χ3v) is 7.76. The van der Waals surface area contributed by atoms with E-state index in [-0.39, 0.29) is 5.54 Å². The molecule has 3 aliphatic rings. The van der Waals surface area contributed by atoms with E-state index in [9.17, 15) is 0 Å². The minimum absolute atomic E-state index is 0.147. The Morgan fingerprint density at radius 2 is 1.73 bits per heavy atom. The summed E-state index contributed by atoms with van der Waals surface area (Å²) in [5, 5.41) is 8.89. The summed E-state index contributed by atoms with van der Waals surface area (Å²) in [6.07, 6.45) is 7.56. The monoisotopic (exact) mass is 466 g/mol. The van der Waals surface area contributed by atoms with Crippen molar-refractivity contribution in [3.05, 3.63) is 65.0 Å². The summed E-state index contributed by atoms with van der Waals surface area (Å²) < 4.78 is 12.1. The first kappa shape index (κ1) is 21.1. The molecule has 2 N–H and O–H groups in total. The molecule has 1 aliphatic carbocycles. The molecule has 6 nitrogen and oxygen atoms in total. The fraction of sp³-hybridized carbons (Fsp3) is 0.462. The quantitative estimate of drug-likeness (QED) is 0.518. The maximum atomic E-state index is 6.77. The molecule has 0 radical (unpaired) electrons. The molecule has 0 unspecified atom stereocenters. The molecule has 0 atom stereocenters. The van der Waals surface area contributed by atoms with Gasteiger partial charge in [-0.05, 0) is 37.1 Å². The van der Waals surface area contributed by atoms with Gasteiger partial charge >= 0.3 is 0 Å². The molecule has 0 bridgehead atoms. The fourth-order valence-electron chi connectivity index (χ4n) is 5.87. The smallest absolute Gasteiger partial charge is 0.142 e. The van der Waals surface area contributed by atoms with Crippen molar-refractivity contribution in [3.63, 3.8) is 0 Å². The van der Waals surface area contributed by atoms with Crippen molar-refractivity contribution in [2.75, 3.05) is 31.5 Å². The highest BCUT2D eigenvalue weighted by atomic mass is 35.5. The zero-order chi connectivity index (χ0) is 22.4. The Bertz CT molecular complexity index is 1150. The number of nitrogens with zero attached hydrogens (tertiary/aromatic N) is 2. The van der Waals surface area contributed by atoms with Crippen LogP contribution in [0.1, 0.15) is 49.2 Å². The molecule has 2 aromatic heterocycles. The normalized spacial score (nSPS) is 21.2. The minimum Gasteiger partial charge on any atom is -0.468 e. The molecule has 174 valence electrons. The summed E-state index contributed by atoms with van der Waals surface area (Å²) in [4.78, 5) is 4.92. The molecule has 1 saturated carbocycles. The molecule has 1 saturated heterocycles. The summed E-state index contributed by atoms with van der Waals surface area (Å²) in [7, 11) is 0. The lowest BCUT2D eigenvalue weighted by Gasteiger charge is -2.44. The highest BCUT2D eigenvalue weighted by molar-refractivity contribution is 6.34. The van der Waals surface area contributed by atoms with E-state index in [1.54, 1.807) is 6.26 Å². The van der Waals surface area contributed by atoms with Crippen molar-refractivity contribution in [3.8, 4) is 0 Å². The largest absolute Gasteiger partial charge is 0.468 e. The van der Waals surface area contributed by atoms with Gasteiger partial charge in [0.1, 0.15) is 17.1 Å². The second-order valence-corrected chi connectivity index (χ2v) is 10.1. The SMILES string of the molecule is C=C1Nc2c(Cl)cc3cc(CN4CCN(Cc5ccco5)CC4)oc3c2C2(CCCCC2)N1. The number of piperazine rings is 1. The molecular formula is C26H31ClN4O2. The van der Waals surface area contributed by atoms with Crippen molar-refractivity contribution in [1.29, 1.82) is 0 Å². The number of rotatable bonds is 4. The molecule has 7 heteroatoms. The van der Waals surface area contributed by atoms with Crippen LogP contribution in [0.5, 0.6) is 0 Å². The van der Waals surface area contributed by atoms with E-state index < -0.39 is 0 Å². The lowest BCUT2D eigenvalue weighted by Crippen LogP contribution is -2.48. The van der Waals surface area contributed by atoms with Crippen LogP contribution in [-0.2, 0) is 18.6 Å². The molecule has 2 aliphatic heterocycles. The molecular weight excluding hydrogens is 436 g/mol. The van der Waals surface area contributed by atoms with Crippen molar-refractivity contribution in [1.82, 2.24) is 15.1 Å². The number of furan rings is 2. The Morgan fingerprint density at radius 1 is 1.00 bits per heavy atom. The summed E-state index contributed by atoms with van der Waals surface area (Å²) in [5.41, 5.74) is 2.97. The molecule has 6 rings (SSSR count).